The van der Waals surface area contributed by atoms with E-state index in [2.05, 4.69) is 43.0 Å². The lowest BCUT2D eigenvalue weighted by molar-refractivity contribution is 0.124. The first kappa shape index (κ1) is 14.5. The van der Waals surface area contributed by atoms with Crippen molar-refractivity contribution in [1.29, 1.82) is 0 Å². The first-order valence-electron chi connectivity index (χ1n) is 7.82. The zero-order chi connectivity index (χ0) is 13.7. The van der Waals surface area contributed by atoms with Gasteiger partial charge >= 0.3 is 0 Å². The Morgan fingerprint density at radius 3 is 2.79 bits per heavy atom. The minimum Gasteiger partial charge on any atom is -0.329 e. The van der Waals surface area contributed by atoms with Crippen molar-refractivity contribution in [3.63, 3.8) is 0 Å². The van der Waals surface area contributed by atoms with E-state index in [4.69, 9.17) is 5.73 Å². The van der Waals surface area contributed by atoms with Crippen LogP contribution < -0.4 is 5.73 Å². The van der Waals surface area contributed by atoms with Crippen LogP contribution in [0.3, 0.4) is 0 Å². The minimum absolute atomic E-state index is 0.408. The Hall–Kier alpha value is -0.860. The Morgan fingerprint density at radius 1 is 1.32 bits per heavy atom. The molecule has 1 aliphatic heterocycles. The van der Waals surface area contributed by atoms with Crippen molar-refractivity contribution in [2.75, 3.05) is 19.6 Å². The molecule has 2 unspecified atom stereocenters. The lowest BCUT2D eigenvalue weighted by Crippen LogP contribution is -2.41. The first-order chi connectivity index (χ1) is 9.30. The van der Waals surface area contributed by atoms with Crippen LogP contribution in [0, 0.1) is 5.92 Å². The van der Waals surface area contributed by atoms with Gasteiger partial charge in [0.05, 0.1) is 0 Å². The summed E-state index contributed by atoms with van der Waals surface area (Å²) in [5.41, 5.74) is 9.01. The van der Waals surface area contributed by atoms with Gasteiger partial charge in [-0.15, -0.1) is 0 Å². The van der Waals surface area contributed by atoms with Crippen LogP contribution in [0.2, 0.25) is 0 Å². The summed E-state index contributed by atoms with van der Waals surface area (Å²) >= 11 is 0. The Labute approximate surface area is 118 Å². The van der Waals surface area contributed by atoms with Crippen LogP contribution in [-0.4, -0.2) is 24.5 Å². The zero-order valence-corrected chi connectivity index (χ0v) is 12.4. The number of benzene rings is 1. The Kier molecular flexibility index (Phi) is 5.41. The molecule has 1 saturated heterocycles. The molecule has 2 N–H and O–H groups in total. The third-order valence-corrected chi connectivity index (χ3v) is 4.59. The summed E-state index contributed by atoms with van der Waals surface area (Å²) in [7, 11) is 0. The fraction of sp³-hybridized carbons (Fsp3) is 0.647. The van der Waals surface area contributed by atoms with E-state index in [1.54, 1.807) is 0 Å². The fourth-order valence-corrected chi connectivity index (χ4v) is 3.37. The zero-order valence-electron chi connectivity index (χ0n) is 12.4. The second-order valence-corrected chi connectivity index (χ2v) is 5.72. The summed E-state index contributed by atoms with van der Waals surface area (Å²) in [4.78, 5) is 2.62. The standard InChI is InChI=1S/C17H28N2/c1-3-14-8-7-11-19(13-14)17(12-18)16-10-6-5-9-15(16)4-2/h5-6,9-10,14,17H,3-4,7-8,11-13,18H2,1-2H3. The molecule has 1 heterocycles. The summed E-state index contributed by atoms with van der Waals surface area (Å²) in [5, 5.41) is 0. The van der Waals surface area contributed by atoms with Gasteiger partial charge < -0.3 is 5.73 Å². The van der Waals surface area contributed by atoms with Crippen molar-refractivity contribution < 1.29 is 0 Å². The van der Waals surface area contributed by atoms with Crippen LogP contribution in [-0.2, 0) is 6.42 Å². The molecule has 0 aromatic heterocycles. The molecular weight excluding hydrogens is 232 g/mol. The van der Waals surface area contributed by atoms with Crippen LogP contribution in [0.5, 0.6) is 0 Å². The van der Waals surface area contributed by atoms with Crippen molar-refractivity contribution in [1.82, 2.24) is 4.90 Å². The summed E-state index contributed by atoms with van der Waals surface area (Å²) in [6.45, 7) is 7.70. The third kappa shape index (κ3) is 3.37. The topological polar surface area (TPSA) is 29.3 Å². The molecule has 0 aliphatic carbocycles. The van der Waals surface area contributed by atoms with Crippen LogP contribution in [0.4, 0.5) is 0 Å². The van der Waals surface area contributed by atoms with Crippen molar-refractivity contribution in [2.24, 2.45) is 11.7 Å². The van der Waals surface area contributed by atoms with Gasteiger partial charge in [0.2, 0.25) is 0 Å². The van der Waals surface area contributed by atoms with Gasteiger partial charge in [0, 0.05) is 19.1 Å². The molecule has 0 bridgehead atoms. The lowest BCUT2D eigenvalue weighted by atomic mass is 9.91. The highest BCUT2D eigenvalue weighted by Crippen LogP contribution is 2.29. The molecule has 1 aliphatic rings. The Morgan fingerprint density at radius 2 is 2.11 bits per heavy atom. The molecule has 1 fully saturated rings. The van der Waals surface area contributed by atoms with Gasteiger partial charge in [-0.1, -0.05) is 44.5 Å². The van der Waals surface area contributed by atoms with E-state index < -0.39 is 0 Å². The maximum absolute atomic E-state index is 6.10. The summed E-state index contributed by atoms with van der Waals surface area (Å²) in [6.07, 6.45) is 5.10. The lowest BCUT2D eigenvalue weighted by Gasteiger charge is -2.38. The van der Waals surface area contributed by atoms with E-state index in [1.807, 2.05) is 0 Å². The Bertz CT molecular complexity index is 389. The van der Waals surface area contributed by atoms with Crippen LogP contribution in [0.1, 0.15) is 50.3 Å². The van der Waals surface area contributed by atoms with Crippen molar-refractivity contribution in [3.05, 3.63) is 35.4 Å². The molecule has 0 spiro atoms. The number of aryl methyl sites for hydroxylation is 1. The molecule has 1 aromatic carbocycles. The SMILES string of the molecule is CCc1ccccc1C(CN)N1CCCC(CC)C1. The number of hydrogen-bond donors (Lipinski definition) is 1. The van der Waals surface area contributed by atoms with Crippen molar-refractivity contribution in [2.45, 2.75) is 45.6 Å². The summed E-state index contributed by atoms with van der Waals surface area (Å²) in [5.74, 6) is 0.858. The van der Waals surface area contributed by atoms with E-state index in [1.165, 1.54) is 43.5 Å². The molecule has 19 heavy (non-hydrogen) atoms. The summed E-state index contributed by atoms with van der Waals surface area (Å²) in [6, 6.07) is 9.22. The molecule has 2 nitrogen and oxygen atoms in total. The summed E-state index contributed by atoms with van der Waals surface area (Å²) < 4.78 is 0. The van der Waals surface area contributed by atoms with Crippen LogP contribution >= 0.6 is 0 Å². The van der Waals surface area contributed by atoms with E-state index in [-0.39, 0.29) is 0 Å². The monoisotopic (exact) mass is 260 g/mol. The van der Waals surface area contributed by atoms with Crippen molar-refractivity contribution >= 4 is 0 Å². The van der Waals surface area contributed by atoms with E-state index in [9.17, 15) is 0 Å². The maximum Gasteiger partial charge on any atom is 0.0473 e. The molecular formula is C17H28N2. The fourth-order valence-electron chi connectivity index (χ4n) is 3.37. The molecule has 2 atom stereocenters. The highest BCUT2D eigenvalue weighted by Gasteiger charge is 2.26. The smallest absolute Gasteiger partial charge is 0.0473 e. The maximum atomic E-state index is 6.10. The molecule has 2 rings (SSSR count). The average molecular weight is 260 g/mol. The van der Waals surface area contributed by atoms with Crippen LogP contribution in [0.15, 0.2) is 24.3 Å². The molecule has 106 valence electrons. The number of rotatable bonds is 5. The highest BCUT2D eigenvalue weighted by molar-refractivity contribution is 5.30. The van der Waals surface area contributed by atoms with Gasteiger partial charge in [-0.25, -0.2) is 0 Å². The molecule has 1 aromatic rings. The number of nitrogens with zero attached hydrogens (tertiary/aromatic N) is 1. The van der Waals surface area contributed by atoms with Gasteiger partial charge in [-0.2, -0.15) is 0 Å². The van der Waals surface area contributed by atoms with Gasteiger partial charge in [0.15, 0.2) is 0 Å². The van der Waals surface area contributed by atoms with Gasteiger partial charge in [0.25, 0.3) is 0 Å². The van der Waals surface area contributed by atoms with Gasteiger partial charge in [-0.3, -0.25) is 4.90 Å². The van der Waals surface area contributed by atoms with E-state index in [0.29, 0.717) is 6.04 Å². The molecule has 0 radical (unpaired) electrons. The first-order valence-corrected chi connectivity index (χ1v) is 7.82. The second-order valence-electron chi connectivity index (χ2n) is 5.72. The molecule has 0 amide bonds. The minimum atomic E-state index is 0.408. The predicted octanol–water partition coefficient (Wildman–Crippen LogP) is 3.37. The normalized spacial score (nSPS) is 22.4. The Balaban J connectivity index is 2.19. The number of nitrogens with two attached hydrogens (primary N) is 1. The molecule has 0 saturated carbocycles. The number of likely N-dealkylation sites (tertiary alicyclic amines) is 1. The largest absolute Gasteiger partial charge is 0.329 e. The highest BCUT2D eigenvalue weighted by atomic mass is 15.2. The number of hydrogen-bond acceptors (Lipinski definition) is 2. The second kappa shape index (κ2) is 7.06. The van der Waals surface area contributed by atoms with Gasteiger partial charge in [0.1, 0.15) is 0 Å². The third-order valence-electron chi connectivity index (χ3n) is 4.59. The van der Waals surface area contributed by atoms with E-state index >= 15 is 0 Å². The van der Waals surface area contributed by atoms with Gasteiger partial charge in [-0.05, 0) is 42.9 Å². The van der Waals surface area contributed by atoms with E-state index in [0.717, 1.165) is 18.9 Å². The predicted molar refractivity (Wildman–Crippen MR) is 82.2 cm³/mol. The average Bonchev–Trinajstić information content (AvgIpc) is 2.49. The number of piperidine rings is 1. The van der Waals surface area contributed by atoms with Crippen molar-refractivity contribution in [3.8, 4) is 0 Å². The molecule has 2 heteroatoms. The quantitative estimate of drug-likeness (QED) is 0.879. The van der Waals surface area contributed by atoms with Crippen LogP contribution in [0.25, 0.3) is 0 Å².